The summed E-state index contributed by atoms with van der Waals surface area (Å²) >= 11 is 13.7. The summed E-state index contributed by atoms with van der Waals surface area (Å²) in [6.45, 7) is 2.50. The topological polar surface area (TPSA) is 191 Å². The largest absolute Gasteiger partial charge is 0.488 e. The minimum Gasteiger partial charge on any atom is -0.488 e. The van der Waals surface area contributed by atoms with Crippen molar-refractivity contribution in [2.75, 3.05) is 13.1 Å². The van der Waals surface area contributed by atoms with Crippen molar-refractivity contribution in [3.8, 4) is 46.3 Å². The number of ether oxygens (including phenoxy) is 4. The van der Waals surface area contributed by atoms with Crippen molar-refractivity contribution in [2.45, 2.75) is 90.1 Å². The van der Waals surface area contributed by atoms with Crippen LogP contribution in [0.15, 0.2) is 110 Å². The Morgan fingerprint density at radius 3 is 1.39 bits per heavy atom. The molecule has 0 aliphatic carbocycles. The number of rotatable bonds is 19. The van der Waals surface area contributed by atoms with E-state index in [0.717, 1.165) is 47.9 Å². The molecule has 2 fully saturated rings. The molecular weight excluding hydrogens is 932 g/mol. The molecule has 4 heterocycles. The molecular formula is C54H50Cl2N6O8. The van der Waals surface area contributed by atoms with E-state index in [1.807, 2.05) is 58.3 Å². The Balaban J connectivity index is 0.970. The van der Waals surface area contributed by atoms with Crippen molar-refractivity contribution >= 4 is 35.1 Å². The van der Waals surface area contributed by atoms with Crippen LogP contribution in [0.3, 0.4) is 0 Å². The van der Waals surface area contributed by atoms with Crippen LogP contribution in [0.25, 0.3) is 11.1 Å². The predicted octanol–water partition coefficient (Wildman–Crippen LogP) is 10.4. The third kappa shape index (κ3) is 12.7. The van der Waals surface area contributed by atoms with Gasteiger partial charge in [-0.25, -0.2) is 0 Å². The van der Waals surface area contributed by atoms with E-state index in [-0.39, 0.29) is 26.4 Å². The van der Waals surface area contributed by atoms with Gasteiger partial charge in [0.2, 0.25) is 0 Å². The van der Waals surface area contributed by atoms with E-state index >= 15 is 0 Å². The maximum absolute atomic E-state index is 12.1. The highest BCUT2D eigenvalue weighted by Gasteiger charge is 2.31. The van der Waals surface area contributed by atoms with Crippen molar-refractivity contribution in [1.82, 2.24) is 19.8 Å². The third-order valence-electron chi connectivity index (χ3n) is 12.4. The molecule has 2 saturated heterocycles. The first-order valence-corrected chi connectivity index (χ1v) is 23.7. The summed E-state index contributed by atoms with van der Waals surface area (Å²) in [6, 6.07) is 29.3. The fourth-order valence-corrected chi connectivity index (χ4v) is 9.31. The van der Waals surface area contributed by atoms with Gasteiger partial charge in [-0.3, -0.25) is 29.4 Å². The third-order valence-corrected chi connectivity index (χ3v) is 13.0. The smallest absolute Gasteiger partial charge is 0.320 e. The van der Waals surface area contributed by atoms with Crippen molar-refractivity contribution in [1.29, 1.82) is 10.5 Å². The molecule has 4 aromatic carbocycles. The average molecular weight is 982 g/mol. The van der Waals surface area contributed by atoms with Crippen LogP contribution < -0.4 is 18.9 Å². The molecule has 2 N–H and O–H groups in total. The second-order valence-corrected chi connectivity index (χ2v) is 18.2. The van der Waals surface area contributed by atoms with Crippen molar-refractivity contribution in [3.63, 3.8) is 0 Å². The summed E-state index contributed by atoms with van der Waals surface area (Å²) in [7, 11) is 0. The summed E-state index contributed by atoms with van der Waals surface area (Å²) in [6.07, 6.45) is 10.8. The number of aromatic nitrogens is 2. The number of hydrogen-bond donors (Lipinski definition) is 2. The van der Waals surface area contributed by atoms with Crippen molar-refractivity contribution < 1.29 is 38.7 Å². The van der Waals surface area contributed by atoms with Gasteiger partial charge >= 0.3 is 11.9 Å². The summed E-state index contributed by atoms with van der Waals surface area (Å²) in [5, 5.41) is 39.4. The molecule has 0 unspecified atom stereocenters. The van der Waals surface area contributed by atoms with Gasteiger partial charge in [0.1, 0.15) is 73.6 Å². The van der Waals surface area contributed by atoms with Crippen LogP contribution in [0, 0.1) is 22.7 Å². The van der Waals surface area contributed by atoms with E-state index in [1.165, 1.54) is 12.4 Å². The minimum absolute atomic E-state index is 0.119. The number of carboxylic acid groups (broad SMARTS) is 2. The molecule has 358 valence electrons. The summed E-state index contributed by atoms with van der Waals surface area (Å²) in [4.78, 5) is 36.5. The van der Waals surface area contributed by atoms with E-state index in [0.29, 0.717) is 105 Å². The number of aliphatic carboxylic acids is 2. The van der Waals surface area contributed by atoms with Crippen LogP contribution in [-0.2, 0) is 49.1 Å². The number of nitriles is 2. The molecule has 14 nitrogen and oxygen atoms in total. The Morgan fingerprint density at radius 2 is 0.971 bits per heavy atom. The monoisotopic (exact) mass is 980 g/mol. The second kappa shape index (κ2) is 23.4. The van der Waals surface area contributed by atoms with Gasteiger partial charge in [0.25, 0.3) is 0 Å². The molecule has 6 aromatic rings. The summed E-state index contributed by atoms with van der Waals surface area (Å²) in [5.74, 6) is 0.0296. The SMILES string of the molecule is N#Cc1cncc(COc2cc(OCc3cccc(-c4cccc(COc5cc(OCc6cncc(C#N)c6)c(CN6CCCC[C@H]6C(=O)O)cc5Cl)c4)c3)c(Cl)cc2CN2CCCC[C@H]2C(=O)O)c1. The molecule has 2 aliphatic rings. The standard InChI is InChI=1S/C54H50Cl2N6O8/c55-45-19-43(29-61-13-3-1-11-47(61)53(63)64)49(67-33-39-15-37(23-57)25-59-27-39)21-51(45)69-31-35-7-5-9-41(17-35)42-10-6-8-36(18-42)32-70-52-22-50(68-34-40-16-38(24-58)26-60-28-40)44(20-46(52)56)30-62-14-4-2-12-48(62)54(65)66/h5-10,15-22,25-28,47-48H,1-4,11-14,29-34H2,(H,63,64)(H,65,66)/t47-,48-/m0/s1. The van der Waals surface area contributed by atoms with Crippen molar-refractivity contribution in [3.05, 3.63) is 164 Å². The molecule has 2 atom stereocenters. The molecule has 16 heteroatoms. The Morgan fingerprint density at radius 1 is 0.557 bits per heavy atom. The van der Waals surface area contributed by atoms with E-state index in [1.54, 1.807) is 48.8 Å². The van der Waals surface area contributed by atoms with Crippen LogP contribution in [0.4, 0.5) is 0 Å². The van der Waals surface area contributed by atoms with E-state index < -0.39 is 24.0 Å². The average Bonchev–Trinajstić information content (AvgIpc) is 3.38. The van der Waals surface area contributed by atoms with Gasteiger partial charge in [0, 0.05) is 72.3 Å². The molecule has 0 amide bonds. The molecule has 0 spiro atoms. The Bertz CT molecular complexity index is 2740. The van der Waals surface area contributed by atoms with Crippen LogP contribution in [0.1, 0.15) is 83.0 Å². The highest BCUT2D eigenvalue weighted by Crippen LogP contribution is 2.38. The molecule has 70 heavy (non-hydrogen) atoms. The number of benzene rings is 4. The molecule has 8 rings (SSSR count). The number of nitrogens with zero attached hydrogens (tertiary/aromatic N) is 6. The maximum Gasteiger partial charge on any atom is 0.320 e. The highest BCUT2D eigenvalue weighted by atomic mass is 35.5. The molecule has 0 saturated carbocycles. The van der Waals surface area contributed by atoms with Gasteiger partial charge in [0.15, 0.2) is 0 Å². The van der Waals surface area contributed by atoms with Crippen molar-refractivity contribution in [2.24, 2.45) is 0 Å². The van der Waals surface area contributed by atoms with Crippen LogP contribution in [0.5, 0.6) is 23.0 Å². The number of carboxylic acids is 2. The lowest BCUT2D eigenvalue weighted by molar-refractivity contribution is -0.145. The lowest BCUT2D eigenvalue weighted by Gasteiger charge is -2.33. The fourth-order valence-electron chi connectivity index (χ4n) is 8.83. The zero-order valence-electron chi connectivity index (χ0n) is 38.2. The number of likely N-dealkylation sites (tertiary alicyclic amines) is 2. The molecule has 2 aliphatic heterocycles. The number of halogens is 2. The molecule has 2 aromatic heterocycles. The van der Waals surface area contributed by atoms with Crippen LogP contribution in [-0.4, -0.2) is 67.1 Å². The quantitative estimate of drug-likeness (QED) is 0.0779. The maximum atomic E-state index is 12.1. The first-order chi connectivity index (χ1) is 34.0. The fraction of sp³-hybridized carbons (Fsp3) is 0.296. The lowest BCUT2D eigenvalue weighted by Crippen LogP contribution is -2.44. The minimum atomic E-state index is -0.860. The number of hydrogen-bond acceptors (Lipinski definition) is 12. The Hall–Kier alpha value is -7.20. The van der Waals surface area contributed by atoms with Crippen LogP contribution >= 0.6 is 23.2 Å². The van der Waals surface area contributed by atoms with Gasteiger partial charge in [0.05, 0.1) is 21.2 Å². The number of piperidine rings is 2. The van der Waals surface area contributed by atoms with Gasteiger partial charge in [-0.1, -0.05) is 72.4 Å². The van der Waals surface area contributed by atoms with Gasteiger partial charge in [-0.2, -0.15) is 10.5 Å². The zero-order valence-corrected chi connectivity index (χ0v) is 39.7. The van der Waals surface area contributed by atoms with E-state index in [4.69, 9.17) is 42.1 Å². The van der Waals surface area contributed by atoms with Gasteiger partial charge < -0.3 is 29.2 Å². The molecule has 0 radical (unpaired) electrons. The zero-order chi connectivity index (χ0) is 49.0. The normalized spacial score (nSPS) is 16.1. The van der Waals surface area contributed by atoms with Crippen LogP contribution in [0.2, 0.25) is 10.0 Å². The van der Waals surface area contributed by atoms with E-state index in [2.05, 4.69) is 22.1 Å². The number of carbonyl (C=O) groups is 2. The molecule has 0 bridgehead atoms. The van der Waals surface area contributed by atoms with Gasteiger partial charge in [-0.05, 0) is 97.4 Å². The predicted molar refractivity (Wildman–Crippen MR) is 261 cm³/mol. The van der Waals surface area contributed by atoms with E-state index in [9.17, 15) is 30.3 Å². The van der Waals surface area contributed by atoms with Gasteiger partial charge in [-0.15, -0.1) is 0 Å². The summed E-state index contributed by atoms with van der Waals surface area (Å²) in [5.41, 5.74) is 7.31. The Labute approximate surface area is 416 Å². The first-order valence-electron chi connectivity index (χ1n) is 23.0. The summed E-state index contributed by atoms with van der Waals surface area (Å²) < 4.78 is 25.3. The lowest BCUT2D eigenvalue weighted by atomic mass is 10.0. The number of pyridine rings is 2. The first kappa shape index (κ1) is 49.2. The Kier molecular flexibility index (Phi) is 16.5. The highest BCUT2D eigenvalue weighted by molar-refractivity contribution is 6.32. The second-order valence-electron chi connectivity index (χ2n) is 17.4.